The van der Waals surface area contributed by atoms with Crippen LogP contribution in [0.15, 0.2) is 35.0 Å². The molecule has 0 fully saturated rings. The van der Waals surface area contributed by atoms with Crippen LogP contribution in [-0.4, -0.2) is 0 Å². The van der Waals surface area contributed by atoms with Crippen molar-refractivity contribution in [1.82, 2.24) is 0 Å². The van der Waals surface area contributed by atoms with E-state index in [-0.39, 0.29) is 0 Å². The van der Waals surface area contributed by atoms with Crippen LogP contribution in [0.5, 0.6) is 0 Å². The van der Waals surface area contributed by atoms with Crippen LogP contribution >= 0.6 is 22.7 Å². The molecule has 5 rings (SSSR count). The lowest BCUT2D eigenvalue weighted by Gasteiger charge is -2.11. The second kappa shape index (κ2) is 3.63. The van der Waals surface area contributed by atoms with Gasteiger partial charge in [0.05, 0.1) is 0 Å². The highest BCUT2D eigenvalue weighted by Crippen LogP contribution is 2.54. The molecular formula is C18H14S2. The molecule has 2 unspecified atom stereocenters. The van der Waals surface area contributed by atoms with E-state index in [4.69, 9.17) is 0 Å². The van der Waals surface area contributed by atoms with Crippen LogP contribution in [0, 0.1) is 0 Å². The summed E-state index contributed by atoms with van der Waals surface area (Å²) >= 11 is 3.79. The van der Waals surface area contributed by atoms with Crippen molar-refractivity contribution in [1.29, 1.82) is 0 Å². The minimum atomic E-state index is 0.552. The first-order valence-electron chi connectivity index (χ1n) is 7.09. The van der Waals surface area contributed by atoms with E-state index < -0.39 is 0 Å². The van der Waals surface area contributed by atoms with Gasteiger partial charge in [0, 0.05) is 21.6 Å². The third kappa shape index (κ3) is 1.18. The van der Waals surface area contributed by atoms with E-state index in [1.165, 1.54) is 43.1 Å². The van der Waals surface area contributed by atoms with Gasteiger partial charge < -0.3 is 0 Å². The largest absolute Gasteiger partial charge is 0.144 e. The molecule has 0 amide bonds. The molecule has 0 nitrogen and oxygen atoms in total. The first kappa shape index (κ1) is 11.3. The van der Waals surface area contributed by atoms with E-state index in [9.17, 15) is 0 Å². The van der Waals surface area contributed by atoms with Crippen LogP contribution < -0.4 is 0 Å². The predicted octanol–water partition coefficient (Wildman–Crippen LogP) is 6.07. The molecule has 3 aromatic rings. The lowest BCUT2D eigenvalue weighted by atomic mass is 9.93. The summed E-state index contributed by atoms with van der Waals surface area (Å²) in [5, 5.41) is 4.47. The summed E-state index contributed by atoms with van der Waals surface area (Å²) in [6.07, 6.45) is 0. The highest BCUT2D eigenvalue weighted by Gasteiger charge is 2.33. The number of fused-ring (bicyclic) bond motifs is 6. The molecule has 2 heterocycles. The SMILES string of the molecule is CC1c2cc3c(cc2-c2sccc21)C(C)c1ccsc1-3. The van der Waals surface area contributed by atoms with Crippen molar-refractivity contribution in [3.63, 3.8) is 0 Å². The Hall–Kier alpha value is -1.38. The zero-order valence-corrected chi connectivity index (χ0v) is 13.1. The van der Waals surface area contributed by atoms with Crippen LogP contribution in [0.2, 0.25) is 0 Å². The molecule has 2 aromatic heterocycles. The maximum atomic E-state index is 2.47. The average molecular weight is 294 g/mol. The van der Waals surface area contributed by atoms with E-state index in [2.05, 4.69) is 48.9 Å². The zero-order valence-electron chi connectivity index (χ0n) is 11.4. The van der Waals surface area contributed by atoms with Gasteiger partial charge in [-0.15, -0.1) is 22.7 Å². The number of hydrogen-bond acceptors (Lipinski definition) is 2. The first-order chi connectivity index (χ1) is 9.75. The Morgan fingerprint density at radius 1 is 0.700 bits per heavy atom. The van der Waals surface area contributed by atoms with E-state index >= 15 is 0 Å². The van der Waals surface area contributed by atoms with Gasteiger partial charge in [-0.05, 0) is 68.4 Å². The number of benzene rings is 1. The Labute approximate surface area is 126 Å². The lowest BCUT2D eigenvalue weighted by molar-refractivity contribution is 0.945. The van der Waals surface area contributed by atoms with Crippen molar-refractivity contribution in [3.05, 3.63) is 57.3 Å². The molecule has 2 aliphatic rings. The Bertz CT molecular complexity index is 778. The molecule has 0 saturated heterocycles. The highest BCUT2D eigenvalue weighted by molar-refractivity contribution is 7.14. The van der Waals surface area contributed by atoms with Crippen LogP contribution in [0.25, 0.3) is 20.9 Å². The lowest BCUT2D eigenvalue weighted by Crippen LogP contribution is -1.93. The highest BCUT2D eigenvalue weighted by atomic mass is 32.1. The van der Waals surface area contributed by atoms with Crippen molar-refractivity contribution >= 4 is 22.7 Å². The Morgan fingerprint density at radius 2 is 1.15 bits per heavy atom. The van der Waals surface area contributed by atoms with Crippen LogP contribution in [-0.2, 0) is 0 Å². The normalized spacial score (nSPS) is 21.5. The molecule has 0 bridgehead atoms. The second-order valence-electron chi connectivity index (χ2n) is 5.88. The second-order valence-corrected chi connectivity index (χ2v) is 7.71. The average Bonchev–Trinajstić information content (AvgIpc) is 3.17. The molecule has 2 atom stereocenters. The molecule has 2 heteroatoms. The molecule has 2 aliphatic carbocycles. The Kier molecular flexibility index (Phi) is 2.05. The minimum Gasteiger partial charge on any atom is -0.144 e. The maximum Gasteiger partial charge on any atom is 0.0383 e. The van der Waals surface area contributed by atoms with E-state index in [0.717, 1.165) is 0 Å². The number of hydrogen-bond donors (Lipinski definition) is 0. The van der Waals surface area contributed by atoms with Gasteiger partial charge >= 0.3 is 0 Å². The third-order valence-corrected chi connectivity index (χ3v) is 6.90. The first-order valence-corrected chi connectivity index (χ1v) is 8.85. The van der Waals surface area contributed by atoms with Crippen LogP contribution in [0.3, 0.4) is 0 Å². The van der Waals surface area contributed by atoms with Gasteiger partial charge in [0.2, 0.25) is 0 Å². The fraction of sp³-hybridized carbons (Fsp3) is 0.222. The molecule has 0 N–H and O–H groups in total. The molecular weight excluding hydrogens is 280 g/mol. The van der Waals surface area contributed by atoms with E-state index in [0.29, 0.717) is 11.8 Å². The van der Waals surface area contributed by atoms with Gasteiger partial charge in [-0.1, -0.05) is 13.8 Å². The number of thiophene rings is 2. The molecule has 1 aromatic carbocycles. The summed E-state index contributed by atoms with van der Waals surface area (Å²) in [4.78, 5) is 3.00. The van der Waals surface area contributed by atoms with E-state index in [1.54, 1.807) is 0 Å². The van der Waals surface area contributed by atoms with Gasteiger partial charge in [0.25, 0.3) is 0 Å². The zero-order chi connectivity index (χ0) is 13.4. The van der Waals surface area contributed by atoms with Gasteiger partial charge in [-0.3, -0.25) is 0 Å². The smallest absolute Gasteiger partial charge is 0.0383 e. The molecule has 98 valence electrons. The summed E-state index contributed by atoms with van der Waals surface area (Å²) in [6.45, 7) is 4.69. The summed E-state index contributed by atoms with van der Waals surface area (Å²) in [7, 11) is 0. The third-order valence-electron chi connectivity index (χ3n) is 4.97. The minimum absolute atomic E-state index is 0.552. The predicted molar refractivity (Wildman–Crippen MR) is 88.1 cm³/mol. The van der Waals surface area contributed by atoms with Crippen molar-refractivity contribution < 1.29 is 0 Å². The Morgan fingerprint density at radius 3 is 1.60 bits per heavy atom. The standard InChI is InChI=1S/C18H14S2/c1-9-11-3-5-19-17(11)15-8-14-10(2)12-4-6-20-18(12)16(14)7-13(9)15/h3-10H,1-2H3. The number of rotatable bonds is 0. The van der Waals surface area contributed by atoms with Crippen LogP contribution in [0.1, 0.15) is 47.9 Å². The Balaban J connectivity index is 1.83. The molecule has 0 aliphatic heterocycles. The quantitative estimate of drug-likeness (QED) is 0.472. The maximum absolute atomic E-state index is 2.47. The van der Waals surface area contributed by atoms with Gasteiger partial charge in [-0.2, -0.15) is 0 Å². The fourth-order valence-corrected chi connectivity index (χ4v) is 5.91. The topological polar surface area (TPSA) is 0 Å². The summed E-state index contributed by atoms with van der Waals surface area (Å²) in [5.74, 6) is 1.10. The van der Waals surface area contributed by atoms with Crippen LogP contribution in [0.4, 0.5) is 0 Å². The monoisotopic (exact) mass is 294 g/mol. The summed E-state index contributed by atoms with van der Waals surface area (Å²) in [5.41, 5.74) is 9.07. The van der Waals surface area contributed by atoms with Crippen molar-refractivity contribution in [3.8, 4) is 20.9 Å². The van der Waals surface area contributed by atoms with Crippen molar-refractivity contribution in [2.45, 2.75) is 25.7 Å². The molecule has 0 saturated carbocycles. The summed E-state index contributed by atoms with van der Waals surface area (Å²) < 4.78 is 0. The molecule has 0 radical (unpaired) electrons. The molecule has 20 heavy (non-hydrogen) atoms. The van der Waals surface area contributed by atoms with Gasteiger partial charge in [0.15, 0.2) is 0 Å². The van der Waals surface area contributed by atoms with Gasteiger partial charge in [-0.25, -0.2) is 0 Å². The summed E-state index contributed by atoms with van der Waals surface area (Å²) in [6, 6.07) is 9.55. The van der Waals surface area contributed by atoms with Gasteiger partial charge in [0.1, 0.15) is 0 Å². The van der Waals surface area contributed by atoms with Crippen molar-refractivity contribution in [2.75, 3.05) is 0 Å². The van der Waals surface area contributed by atoms with E-state index in [1.807, 2.05) is 22.7 Å². The fourth-order valence-electron chi connectivity index (χ4n) is 3.84. The molecule has 0 spiro atoms. The van der Waals surface area contributed by atoms with Crippen molar-refractivity contribution in [2.24, 2.45) is 0 Å².